The van der Waals surface area contributed by atoms with Crippen molar-refractivity contribution in [2.45, 2.75) is 39.3 Å². The molecule has 1 N–H and O–H groups in total. The average Bonchev–Trinajstić information content (AvgIpc) is 3.25. The van der Waals surface area contributed by atoms with E-state index in [0.717, 1.165) is 29.8 Å². The van der Waals surface area contributed by atoms with E-state index in [0.29, 0.717) is 24.3 Å². The first-order valence-corrected chi connectivity index (χ1v) is 9.60. The van der Waals surface area contributed by atoms with Crippen LogP contribution in [0.15, 0.2) is 29.6 Å². The van der Waals surface area contributed by atoms with Gasteiger partial charge in [-0.2, -0.15) is 0 Å². The van der Waals surface area contributed by atoms with Gasteiger partial charge in [0.05, 0.1) is 17.9 Å². The number of likely N-dealkylation sites (N-methyl/N-ethyl adjacent to an activating group) is 1. The molecule has 6 nitrogen and oxygen atoms in total. The maximum Gasteiger partial charge on any atom is 0.234 e. The number of amides is 2. The summed E-state index contributed by atoms with van der Waals surface area (Å²) in [6.07, 6.45) is 2.18. The summed E-state index contributed by atoms with van der Waals surface area (Å²) in [5.74, 6) is -0.0238. The lowest BCUT2D eigenvalue weighted by Gasteiger charge is -2.18. The molecule has 2 amide bonds. The first kappa shape index (κ1) is 18.5. The molecule has 0 atom stereocenters. The highest BCUT2D eigenvalue weighted by atomic mass is 32.1. The van der Waals surface area contributed by atoms with E-state index in [1.807, 2.05) is 48.5 Å². The number of hydrogen-bond acceptors (Lipinski definition) is 5. The monoisotopic (exact) mass is 372 g/mol. The first-order chi connectivity index (χ1) is 12.4. The van der Waals surface area contributed by atoms with Crippen LogP contribution in [0.5, 0.6) is 0 Å². The minimum absolute atomic E-state index is 0.0515. The van der Waals surface area contributed by atoms with Crippen molar-refractivity contribution in [2.75, 3.05) is 18.5 Å². The number of thiazole rings is 1. The van der Waals surface area contributed by atoms with E-state index >= 15 is 0 Å². The van der Waals surface area contributed by atoms with E-state index in [9.17, 15) is 9.59 Å². The largest absolute Gasteiger partial charge is 0.352 e. The van der Waals surface area contributed by atoms with Crippen molar-refractivity contribution in [1.29, 1.82) is 0 Å². The van der Waals surface area contributed by atoms with E-state index in [2.05, 4.69) is 10.3 Å². The molecule has 1 heterocycles. The fraction of sp³-hybridized carbons (Fsp3) is 0.421. The molecule has 1 saturated carbocycles. The Balaban J connectivity index is 1.66. The van der Waals surface area contributed by atoms with Crippen LogP contribution >= 0.6 is 11.3 Å². The van der Waals surface area contributed by atoms with Crippen LogP contribution in [0.2, 0.25) is 0 Å². The first-order valence-electron chi connectivity index (χ1n) is 8.72. The van der Waals surface area contributed by atoms with Gasteiger partial charge in [0.1, 0.15) is 0 Å². The zero-order valence-electron chi connectivity index (χ0n) is 15.4. The molecule has 0 radical (unpaired) electrons. The SMILES string of the molecule is CC(=O)N(c1cccc(C)c1)c1nc(CN(C)CC(=O)NC2CC2)cs1. The second-order valence-corrected chi connectivity index (χ2v) is 7.67. The summed E-state index contributed by atoms with van der Waals surface area (Å²) in [6, 6.07) is 8.18. The van der Waals surface area contributed by atoms with Gasteiger partial charge in [-0.3, -0.25) is 19.4 Å². The Bertz CT molecular complexity index is 800. The number of aryl methyl sites for hydroxylation is 1. The molecule has 0 saturated heterocycles. The number of carbonyl (C=O) groups is 2. The van der Waals surface area contributed by atoms with Gasteiger partial charge in [-0.1, -0.05) is 12.1 Å². The highest BCUT2D eigenvalue weighted by Crippen LogP contribution is 2.29. The molecule has 26 heavy (non-hydrogen) atoms. The smallest absolute Gasteiger partial charge is 0.234 e. The predicted molar refractivity (Wildman–Crippen MR) is 104 cm³/mol. The molecule has 1 fully saturated rings. The molecule has 0 bridgehead atoms. The summed E-state index contributed by atoms with van der Waals surface area (Å²) < 4.78 is 0. The second-order valence-electron chi connectivity index (χ2n) is 6.83. The van der Waals surface area contributed by atoms with Crippen LogP contribution in [-0.4, -0.2) is 41.3 Å². The van der Waals surface area contributed by atoms with Crippen LogP contribution in [0.3, 0.4) is 0 Å². The Morgan fingerprint density at radius 2 is 2.12 bits per heavy atom. The Morgan fingerprint density at radius 3 is 2.77 bits per heavy atom. The minimum Gasteiger partial charge on any atom is -0.352 e. The molecule has 7 heteroatoms. The molecular formula is C19H24N4O2S. The molecular weight excluding hydrogens is 348 g/mol. The quantitative estimate of drug-likeness (QED) is 0.812. The molecule has 0 spiro atoms. The van der Waals surface area contributed by atoms with Crippen LogP contribution in [0.1, 0.15) is 31.0 Å². The molecule has 0 aliphatic heterocycles. The number of anilines is 2. The van der Waals surface area contributed by atoms with Gasteiger partial charge >= 0.3 is 0 Å². The highest BCUT2D eigenvalue weighted by Gasteiger charge is 2.24. The molecule has 138 valence electrons. The standard InChI is InChI=1S/C19H24N4O2S/c1-13-5-4-6-17(9-13)23(14(2)24)19-21-16(12-26-19)10-22(3)11-18(25)20-15-7-8-15/h4-6,9,12,15H,7-8,10-11H2,1-3H3,(H,20,25). The van der Waals surface area contributed by atoms with Crippen LogP contribution in [-0.2, 0) is 16.1 Å². The van der Waals surface area contributed by atoms with Gasteiger partial charge in [-0.15, -0.1) is 11.3 Å². The summed E-state index contributed by atoms with van der Waals surface area (Å²) in [6.45, 7) is 4.44. The van der Waals surface area contributed by atoms with Crippen molar-refractivity contribution in [1.82, 2.24) is 15.2 Å². The zero-order valence-corrected chi connectivity index (χ0v) is 16.2. The number of nitrogens with one attached hydrogen (secondary N) is 1. The van der Waals surface area contributed by atoms with E-state index in [1.165, 1.54) is 18.3 Å². The van der Waals surface area contributed by atoms with Crippen molar-refractivity contribution in [3.05, 3.63) is 40.9 Å². The number of hydrogen-bond donors (Lipinski definition) is 1. The van der Waals surface area contributed by atoms with Gasteiger partial charge in [-0.25, -0.2) is 4.98 Å². The molecule has 0 unspecified atom stereocenters. The number of benzene rings is 1. The molecule has 1 aliphatic rings. The lowest BCUT2D eigenvalue weighted by atomic mass is 10.2. The summed E-state index contributed by atoms with van der Waals surface area (Å²) in [5, 5.41) is 5.57. The van der Waals surface area contributed by atoms with Crippen LogP contribution in [0, 0.1) is 6.92 Å². The number of carbonyl (C=O) groups excluding carboxylic acids is 2. The topological polar surface area (TPSA) is 65.5 Å². The Labute approximate surface area is 157 Å². The second kappa shape index (κ2) is 7.97. The van der Waals surface area contributed by atoms with Gasteiger partial charge in [0, 0.05) is 24.9 Å². The summed E-state index contributed by atoms with van der Waals surface area (Å²) in [4.78, 5) is 32.2. The number of aromatic nitrogens is 1. The fourth-order valence-corrected chi connectivity index (χ4v) is 3.62. The van der Waals surface area contributed by atoms with Gasteiger partial charge in [0.25, 0.3) is 0 Å². The third-order valence-corrected chi connectivity index (χ3v) is 4.97. The third kappa shape index (κ3) is 4.89. The predicted octanol–water partition coefficient (Wildman–Crippen LogP) is 2.85. The van der Waals surface area contributed by atoms with Crippen LogP contribution in [0.4, 0.5) is 10.8 Å². The maximum absolute atomic E-state index is 12.2. The van der Waals surface area contributed by atoms with Crippen LogP contribution < -0.4 is 10.2 Å². The lowest BCUT2D eigenvalue weighted by Crippen LogP contribution is -2.36. The molecule has 1 aromatic carbocycles. The van der Waals surface area contributed by atoms with Crippen molar-refractivity contribution in [3.63, 3.8) is 0 Å². The van der Waals surface area contributed by atoms with Crippen molar-refractivity contribution in [3.8, 4) is 0 Å². The minimum atomic E-state index is -0.0753. The van der Waals surface area contributed by atoms with Crippen LogP contribution in [0.25, 0.3) is 0 Å². The van der Waals surface area contributed by atoms with E-state index < -0.39 is 0 Å². The molecule has 3 rings (SSSR count). The molecule has 1 aliphatic carbocycles. The third-order valence-electron chi connectivity index (χ3n) is 4.09. The van der Waals surface area contributed by atoms with E-state index in [1.54, 1.807) is 4.90 Å². The normalized spacial score (nSPS) is 13.7. The molecule has 1 aromatic heterocycles. The number of rotatable bonds is 7. The summed E-state index contributed by atoms with van der Waals surface area (Å²) in [5.41, 5.74) is 2.76. The highest BCUT2D eigenvalue weighted by molar-refractivity contribution is 7.14. The van der Waals surface area contributed by atoms with Crippen molar-refractivity contribution < 1.29 is 9.59 Å². The number of nitrogens with zero attached hydrogens (tertiary/aromatic N) is 3. The van der Waals surface area contributed by atoms with E-state index in [-0.39, 0.29) is 11.8 Å². The maximum atomic E-state index is 12.2. The van der Waals surface area contributed by atoms with Crippen molar-refractivity contribution in [2.24, 2.45) is 0 Å². The summed E-state index contributed by atoms with van der Waals surface area (Å²) in [7, 11) is 1.90. The molecule has 2 aromatic rings. The zero-order chi connectivity index (χ0) is 18.7. The lowest BCUT2D eigenvalue weighted by molar-refractivity contribution is -0.122. The van der Waals surface area contributed by atoms with Gasteiger partial charge in [0.2, 0.25) is 11.8 Å². The fourth-order valence-electron chi connectivity index (χ4n) is 2.74. The van der Waals surface area contributed by atoms with Gasteiger partial charge < -0.3 is 5.32 Å². The van der Waals surface area contributed by atoms with Crippen molar-refractivity contribution >= 4 is 34.0 Å². The summed E-state index contributed by atoms with van der Waals surface area (Å²) >= 11 is 1.43. The Hall–Kier alpha value is -2.25. The Morgan fingerprint density at radius 1 is 1.35 bits per heavy atom. The Kier molecular flexibility index (Phi) is 5.68. The average molecular weight is 372 g/mol. The van der Waals surface area contributed by atoms with E-state index in [4.69, 9.17) is 0 Å². The van der Waals surface area contributed by atoms with Gasteiger partial charge in [-0.05, 0) is 44.5 Å². The van der Waals surface area contributed by atoms with Gasteiger partial charge in [0.15, 0.2) is 5.13 Å².